The molecule has 2 aromatic rings. The summed E-state index contributed by atoms with van der Waals surface area (Å²) in [5, 5.41) is 5.11. The van der Waals surface area contributed by atoms with Gasteiger partial charge in [-0.2, -0.15) is 0 Å². The molecule has 0 saturated heterocycles. The van der Waals surface area contributed by atoms with Crippen LogP contribution in [0.2, 0.25) is 0 Å². The Kier molecular flexibility index (Phi) is 5.16. The van der Waals surface area contributed by atoms with Gasteiger partial charge in [0.05, 0.1) is 12.8 Å². The molecule has 0 aliphatic heterocycles. The molecule has 0 spiro atoms. The molecule has 6 heteroatoms. The first-order chi connectivity index (χ1) is 10.5. The third-order valence-electron chi connectivity index (χ3n) is 3.00. The smallest absolute Gasteiger partial charge is 0.314 e. The number of anilines is 2. The number of ether oxygens (including phenoxy) is 1. The summed E-state index contributed by atoms with van der Waals surface area (Å²) in [7, 11) is 1.50. The van der Waals surface area contributed by atoms with Gasteiger partial charge < -0.3 is 15.4 Å². The Labute approximate surface area is 136 Å². The van der Waals surface area contributed by atoms with Gasteiger partial charge in [0.15, 0.2) is 0 Å². The van der Waals surface area contributed by atoms with Gasteiger partial charge in [0.1, 0.15) is 5.75 Å². The van der Waals surface area contributed by atoms with Crippen LogP contribution in [0.25, 0.3) is 0 Å². The van der Waals surface area contributed by atoms with Crippen molar-refractivity contribution in [3.63, 3.8) is 0 Å². The van der Waals surface area contributed by atoms with Gasteiger partial charge in [-0.15, -0.1) is 0 Å². The molecule has 0 radical (unpaired) electrons. The minimum atomic E-state index is -0.758. The lowest BCUT2D eigenvalue weighted by atomic mass is 10.2. The number of carbonyl (C=O) groups excluding carboxylic acids is 2. The normalized spacial score (nSPS) is 9.95. The first kappa shape index (κ1) is 16.0. The molecule has 2 N–H and O–H groups in total. The van der Waals surface area contributed by atoms with E-state index in [4.69, 9.17) is 4.74 Å². The number of nitrogens with one attached hydrogen (secondary N) is 2. The number of aryl methyl sites for hydroxylation is 1. The highest BCUT2D eigenvalue weighted by Crippen LogP contribution is 2.23. The van der Waals surface area contributed by atoms with Gasteiger partial charge in [-0.25, -0.2) is 0 Å². The van der Waals surface area contributed by atoms with Crippen LogP contribution in [0.4, 0.5) is 11.4 Å². The Morgan fingerprint density at radius 1 is 1.00 bits per heavy atom. The van der Waals surface area contributed by atoms with Gasteiger partial charge in [-0.05, 0) is 42.8 Å². The van der Waals surface area contributed by atoms with Crippen molar-refractivity contribution in [1.29, 1.82) is 0 Å². The lowest BCUT2D eigenvalue weighted by molar-refractivity contribution is -0.133. The Bertz CT molecular complexity index is 716. The molecule has 2 amide bonds. The molecule has 0 aliphatic rings. The van der Waals surface area contributed by atoms with Gasteiger partial charge in [0.2, 0.25) is 0 Å². The van der Waals surface area contributed by atoms with Gasteiger partial charge in [-0.1, -0.05) is 28.1 Å². The maximum Gasteiger partial charge on any atom is 0.314 e. The fourth-order valence-electron chi connectivity index (χ4n) is 1.87. The number of hydrogen-bond donors (Lipinski definition) is 2. The van der Waals surface area contributed by atoms with Crippen LogP contribution in [-0.4, -0.2) is 18.9 Å². The zero-order valence-corrected chi connectivity index (χ0v) is 13.7. The van der Waals surface area contributed by atoms with E-state index < -0.39 is 11.8 Å². The molecule has 0 atom stereocenters. The van der Waals surface area contributed by atoms with E-state index in [9.17, 15) is 9.59 Å². The van der Waals surface area contributed by atoms with Crippen LogP contribution < -0.4 is 15.4 Å². The molecule has 0 fully saturated rings. The topological polar surface area (TPSA) is 67.4 Å². The molecule has 0 heterocycles. The van der Waals surface area contributed by atoms with Crippen LogP contribution in [0.15, 0.2) is 46.9 Å². The highest BCUT2D eigenvalue weighted by atomic mass is 79.9. The van der Waals surface area contributed by atoms with Crippen LogP contribution in [0.5, 0.6) is 5.75 Å². The number of methoxy groups -OCH3 is 1. The third kappa shape index (κ3) is 3.85. The van der Waals surface area contributed by atoms with E-state index in [-0.39, 0.29) is 0 Å². The minimum absolute atomic E-state index is 0.442. The molecular weight excluding hydrogens is 348 g/mol. The fourth-order valence-corrected chi connectivity index (χ4v) is 2.35. The summed E-state index contributed by atoms with van der Waals surface area (Å²) in [5.74, 6) is -1.01. The Balaban J connectivity index is 2.08. The van der Waals surface area contributed by atoms with E-state index in [0.29, 0.717) is 17.1 Å². The van der Waals surface area contributed by atoms with Crippen molar-refractivity contribution in [2.24, 2.45) is 0 Å². The molecule has 0 saturated carbocycles. The lowest BCUT2D eigenvalue weighted by Gasteiger charge is -2.11. The van der Waals surface area contributed by atoms with Crippen molar-refractivity contribution < 1.29 is 14.3 Å². The average molecular weight is 363 g/mol. The van der Waals surface area contributed by atoms with Gasteiger partial charge in [0.25, 0.3) is 0 Å². The van der Waals surface area contributed by atoms with E-state index in [1.54, 1.807) is 36.4 Å². The van der Waals surface area contributed by atoms with E-state index in [1.165, 1.54) is 7.11 Å². The zero-order chi connectivity index (χ0) is 16.1. The number of halogens is 1. The second-order valence-corrected chi connectivity index (χ2v) is 5.48. The van der Waals surface area contributed by atoms with Crippen molar-refractivity contribution in [3.8, 4) is 5.75 Å². The van der Waals surface area contributed by atoms with Crippen LogP contribution in [0, 0.1) is 6.92 Å². The molecule has 0 unspecified atom stereocenters. The molecular formula is C16H15BrN2O3. The van der Waals surface area contributed by atoms with E-state index in [1.807, 2.05) is 13.0 Å². The molecule has 114 valence electrons. The summed E-state index contributed by atoms with van der Waals surface area (Å²) >= 11 is 3.35. The summed E-state index contributed by atoms with van der Waals surface area (Å²) in [6.45, 7) is 1.85. The van der Waals surface area contributed by atoms with Crippen LogP contribution in [0.1, 0.15) is 5.56 Å². The van der Waals surface area contributed by atoms with Crippen LogP contribution in [-0.2, 0) is 9.59 Å². The number of para-hydroxylation sites is 2. The molecule has 22 heavy (non-hydrogen) atoms. The summed E-state index contributed by atoms with van der Waals surface area (Å²) in [6, 6.07) is 12.3. The SMILES string of the molecule is COc1ccccc1NC(=O)C(=O)Nc1ccc(Br)cc1C. The molecule has 5 nitrogen and oxygen atoms in total. The Morgan fingerprint density at radius 3 is 2.27 bits per heavy atom. The van der Waals surface area contributed by atoms with Gasteiger partial charge in [0, 0.05) is 10.2 Å². The second kappa shape index (κ2) is 7.09. The summed E-state index contributed by atoms with van der Waals surface area (Å²) in [6.07, 6.45) is 0. The molecule has 2 rings (SSSR count). The summed E-state index contributed by atoms with van der Waals surface area (Å²) in [5.41, 5.74) is 1.88. The minimum Gasteiger partial charge on any atom is -0.495 e. The van der Waals surface area contributed by atoms with E-state index in [2.05, 4.69) is 26.6 Å². The first-order valence-electron chi connectivity index (χ1n) is 6.52. The quantitative estimate of drug-likeness (QED) is 0.822. The number of hydrogen-bond acceptors (Lipinski definition) is 3. The highest BCUT2D eigenvalue weighted by Gasteiger charge is 2.16. The predicted octanol–water partition coefficient (Wildman–Crippen LogP) is 3.34. The van der Waals surface area contributed by atoms with Crippen molar-refractivity contribution >= 4 is 39.1 Å². The first-order valence-corrected chi connectivity index (χ1v) is 7.32. The molecule has 0 aliphatic carbocycles. The van der Waals surface area contributed by atoms with Crippen molar-refractivity contribution in [3.05, 3.63) is 52.5 Å². The fraction of sp³-hybridized carbons (Fsp3) is 0.125. The van der Waals surface area contributed by atoms with E-state index >= 15 is 0 Å². The van der Waals surface area contributed by atoms with Gasteiger partial charge in [-0.3, -0.25) is 9.59 Å². The van der Waals surface area contributed by atoms with Crippen LogP contribution >= 0.6 is 15.9 Å². The Hall–Kier alpha value is -2.34. The number of amides is 2. The Morgan fingerprint density at radius 2 is 1.64 bits per heavy atom. The molecule has 2 aromatic carbocycles. The monoisotopic (exact) mass is 362 g/mol. The predicted molar refractivity (Wildman–Crippen MR) is 89.1 cm³/mol. The lowest BCUT2D eigenvalue weighted by Crippen LogP contribution is -2.29. The van der Waals surface area contributed by atoms with Gasteiger partial charge >= 0.3 is 11.8 Å². The van der Waals surface area contributed by atoms with E-state index in [0.717, 1.165) is 10.0 Å². The summed E-state index contributed by atoms with van der Waals surface area (Å²) < 4.78 is 6.03. The summed E-state index contributed by atoms with van der Waals surface area (Å²) in [4.78, 5) is 24.0. The molecule has 0 bridgehead atoms. The van der Waals surface area contributed by atoms with Crippen molar-refractivity contribution in [2.75, 3.05) is 17.7 Å². The molecule has 0 aromatic heterocycles. The zero-order valence-electron chi connectivity index (χ0n) is 12.1. The average Bonchev–Trinajstić information content (AvgIpc) is 2.50. The number of rotatable bonds is 3. The van der Waals surface area contributed by atoms with Crippen LogP contribution in [0.3, 0.4) is 0 Å². The second-order valence-electron chi connectivity index (χ2n) is 4.57. The standard InChI is InChI=1S/C16H15BrN2O3/c1-10-9-11(17)7-8-12(10)18-15(20)16(21)19-13-5-3-4-6-14(13)22-2/h3-9H,1-2H3,(H,18,20)(H,19,21). The third-order valence-corrected chi connectivity index (χ3v) is 3.49. The maximum atomic E-state index is 12.0. The largest absolute Gasteiger partial charge is 0.495 e. The maximum absolute atomic E-state index is 12.0. The highest BCUT2D eigenvalue weighted by molar-refractivity contribution is 9.10. The number of carbonyl (C=O) groups is 2. The number of benzene rings is 2. The van der Waals surface area contributed by atoms with Crippen molar-refractivity contribution in [1.82, 2.24) is 0 Å². The van der Waals surface area contributed by atoms with Crippen molar-refractivity contribution in [2.45, 2.75) is 6.92 Å².